The number of phenols is 1. The molecule has 2 N–H and O–H groups in total. The predicted molar refractivity (Wildman–Crippen MR) is 136 cm³/mol. The molecular formula is C23H18Cl2N4O6S. The Balaban J connectivity index is 1.66. The molecule has 0 amide bonds. The summed E-state index contributed by atoms with van der Waals surface area (Å²) in [6.07, 6.45) is 2.00. The molecule has 0 saturated heterocycles. The van der Waals surface area contributed by atoms with Gasteiger partial charge in [0, 0.05) is 5.56 Å². The molecular weight excluding hydrogens is 531 g/mol. The maximum atomic E-state index is 12.4. The van der Waals surface area contributed by atoms with E-state index in [0.29, 0.717) is 5.69 Å². The summed E-state index contributed by atoms with van der Waals surface area (Å²) in [5.74, 6) is 0.141. The number of sulfonamides is 1. The standard InChI is InChI=1S/C23H18Cl2N4O6S/c1-36(33,34)28(15-5-3-2-4-6-15)13-14-9-17(7-8-20(14)30)35-22-18(24)10-16(11-19(22)25)29-23(32)27-21(31)12-26-29/h2-12,30H,13H2,1H3,(H,27,31,32). The van der Waals surface area contributed by atoms with Gasteiger partial charge in [-0.05, 0) is 42.5 Å². The molecule has 0 bridgehead atoms. The number of aromatic amines is 1. The number of hydrogen-bond donors (Lipinski definition) is 2. The number of hydrogen-bond acceptors (Lipinski definition) is 7. The van der Waals surface area contributed by atoms with Crippen LogP contribution < -0.4 is 20.3 Å². The Morgan fingerprint density at radius 1 is 1.06 bits per heavy atom. The van der Waals surface area contributed by atoms with Gasteiger partial charge in [0.05, 0.1) is 34.2 Å². The van der Waals surface area contributed by atoms with Crippen LogP contribution in [0.25, 0.3) is 5.69 Å². The smallest absolute Gasteiger partial charge is 0.349 e. The van der Waals surface area contributed by atoms with Crippen molar-refractivity contribution in [2.75, 3.05) is 10.6 Å². The summed E-state index contributed by atoms with van der Waals surface area (Å²) in [7, 11) is -3.67. The third kappa shape index (κ3) is 5.54. The molecule has 186 valence electrons. The monoisotopic (exact) mass is 548 g/mol. The maximum Gasteiger partial charge on any atom is 0.349 e. The minimum absolute atomic E-state index is 0.0362. The van der Waals surface area contributed by atoms with Crippen LogP contribution >= 0.6 is 23.2 Å². The number of nitrogens with one attached hydrogen (secondary N) is 1. The Hall–Kier alpha value is -3.80. The summed E-state index contributed by atoms with van der Waals surface area (Å²) in [6.45, 7) is -0.160. The van der Waals surface area contributed by atoms with Crippen LogP contribution in [0.5, 0.6) is 17.2 Å². The number of phenolic OH excluding ortho intramolecular Hbond substituents is 1. The number of ether oxygens (including phenoxy) is 1. The van der Waals surface area contributed by atoms with E-state index in [9.17, 15) is 23.1 Å². The lowest BCUT2D eigenvalue weighted by Gasteiger charge is -2.23. The van der Waals surface area contributed by atoms with Crippen LogP contribution in [0.1, 0.15) is 5.56 Å². The lowest BCUT2D eigenvalue weighted by molar-refractivity contribution is 0.458. The number of aromatic nitrogens is 3. The summed E-state index contributed by atoms with van der Waals surface area (Å²) in [5.41, 5.74) is -0.539. The van der Waals surface area contributed by atoms with E-state index >= 15 is 0 Å². The summed E-state index contributed by atoms with van der Waals surface area (Å²) < 4.78 is 32.8. The first-order valence-electron chi connectivity index (χ1n) is 10.2. The fourth-order valence-corrected chi connectivity index (χ4v) is 4.75. The highest BCUT2D eigenvalue weighted by molar-refractivity contribution is 7.92. The van der Waals surface area contributed by atoms with Crippen molar-refractivity contribution in [1.82, 2.24) is 14.8 Å². The van der Waals surface area contributed by atoms with Crippen molar-refractivity contribution < 1.29 is 18.3 Å². The molecule has 0 unspecified atom stereocenters. The van der Waals surface area contributed by atoms with Gasteiger partial charge < -0.3 is 9.84 Å². The number of nitrogens with zero attached hydrogens (tertiary/aromatic N) is 3. The van der Waals surface area contributed by atoms with Gasteiger partial charge in [-0.15, -0.1) is 0 Å². The molecule has 0 fully saturated rings. The van der Waals surface area contributed by atoms with Crippen LogP contribution in [0.3, 0.4) is 0 Å². The quantitative estimate of drug-likeness (QED) is 0.359. The molecule has 10 nitrogen and oxygen atoms in total. The van der Waals surface area contributed by atoms with Crippen LogP contribution in [0.2, 0.25) is 10.0 Å². The predicted octanol–water partition coefficient (Wildman–Crippen LogP) is 3.69. The molecule has 0 aliphatic carbocycles. The van der Waals surface area contributed by atoms with Crippen molar-refractivity contribution >= 4 is 38.9 Å². The average Bonchev–Trinajstić information content (AvgIpc) is 2.81. The highest BCUT2D eigenvalue weighted by Gasteiger charge is 2.20. The Kier molecular flexibility index (Phi) is 7.07. The number of anilines is 1. The topological polar surface area (TPSA) is 135 Å². The van der Waals surface area contributed by atoms with Gasteiger partial charge in [0.15, 0.2) is 5.75 Å². The Bertz CT molecular complexity index is 1630. The first kappa shape index (κ1) is 25.3. The molecule has 0 saturated carbocycles. The second kappa shape index (κ2) is 10.1. The van der Waals surface area contributed by atoms with E-state index in [1.807, 2.05) is 0 Å². The van der Waals surface area contributed by atoms with Gasteiger partial charge in [-0.3, -0.25) is 14.1 Å². The van der Waals surface area contributed by atoms with Crippen LogP contribution in [-0.2, 0) is 16.6 Å². The third-order valence-corrected chi connectivity index (χ3v) is 6.67. The molecule has 0 radical (unpaired) electrons. The minimum Gasteiger partial charge on any atom is -0.508 e. The normalized spacial score (nSPS) is 11.3. The molecule has 1 aromatic heterocycles. The van der Waals surface area contributed by atoms with Gasteiger partial charge in [0.2, 0.25) is 10.0 Å². The van der Waals surface area contributed by atoms with Crippen molar-refractivity contribution in [2.45, 2.75) is 6.54 Å². The fourth-order valence-electron chi connectivity index (χ4n) is 3.32. The first-order valence-corrected chi connectivity index (χ1v) is 12.8. The Morgan fingerprint density at radius 2 is 1.72 bits per heavy atom. The Morgan fingerprint density at radius 3 is 2.33 bits per heavy atom. The second-order valence-corrected chi connectivity index (χ2v) is 10.3. The number of halogens is 2. The molecule has 13 heteroatoms. The second-order valence-electron chi connectivity index (χ2n) is 7.59. The Labute approximate surface area is 215 Å². The molecule has 0 atom stereocenters. The summed E-state index contributed by atoms with van der Waals surface area (Å²) in [4.78, 5) is 25.4. The van der Waals surface area contributed by atoms with E-state index in [1.165, 1.54) is 30.3 Å². The lowest BCUT2D eigenvalue weighted by atomic mass is 10.2. The molecule has 4 aromatic rings. The lowest BCUT2D eigenvalue weighted by Crippen LogP contribution is -2.30. The van der Waals surface area contributed by atoms with Crippen molar-refractivity contribution in [2.24, 2.45) is 0 Å². The van der Waals surface area contributed by atoms with E-state index in [2.05, 4.69) is 10.1 Å². The molecule has 0 aliphatic rings. The first-order chi connectivity index (χ1) is 17.0. The van der Waals surface area contributed by atoms with Crippen LogP contribution in [0.15, 0.2) is 76.4 Å². The molecule has 3 aromatic carbocycles. The van der Waals surface area contributed by atoms with Gasteiger partial charge >= 0.3 is 5.69 Å². The maximum absolute atomic E-state index is 12.4. The van der Waals surface area contributed by atoms with Crippen LogP contribution in [0.4, 0.5) is 5.69 Å². The van der Waals surface area contributed by atoms with E-state index in [1.54, 1.807) is 30.3 Å². The largest absolute Gasteiger partial charge is 0.508 e. The van der Waals surface area contributed by atoms with E-state index in [0.717, 1.165) is 21.4 Å². The molecule has 0 aliphatic heterocycles. The fraction of sp³-hybridized carbons (Fsp3) is 0.0870. The number of H-pyrrole nitrogens is 1. The minimum atomic E-state index is -3.67. The van der Waals surface area contributed by atoms with Gasteiger partial charge in [-0.25, -0.2) is 13.2 Å². The van der Waals surface area contributed by atoms with E-state index in [-0.39, 0.29) is 45.1 Å². The zero-order valence-electron chi connectivity index (χ0n) is 18.6. The highest BCUT2D eigenvalue weighted by atomic mass is 35.5. The highest BCUT2D eigenvalue weighted by Crippen LogP contribution is 2.39. The summed E-state index contributed by atoms with van der Waals surface area (Å²) in [5, 5.41) is 14.2. The average molecular weight is 549 g/mol. The van der Waals surface area contributed by atoms with Crippen LogP contribution in [-0.4, -0.2) is 34.5 Å². The van der Waals surface area contributed by atoms with Gasteiger partial charge in [0.25, 0.3) is 5.56 Å². The summed E-state index contributed by atoms with van der Waals surface area (Å²) >= 11 is 12.7. The molecule has 4 rings (SSSR count). The number of benzene rings is 3. The number of aromatic hydroxyl groups is 1. The van der Waals surface area contributed by atoms with E-state index in [4.69, 9.17) is 27.9 Å². The summed E-state index contributed by atoms with van der Waals surface area (Å²) in [6, 6.07) is 15.5. The molecule has 1 heterocycles. The molecule has 36 heavy (non-hydrogen) atoms. The van der Waals surface area contributed by atoms with Crippen molar-refractivity contribution in [3.63, 3.8) is 0 Å². The van der Waals surface area contributed by atoms with Gasteiger partial charge in [-0.1, -0.05) is 41.4 Å². The number of para-hydroxylation sites is 1. The van der Waals surface area contributed by atoms with Crippen molar-refractivity contribution in [3.8, 4) is 22.9 Å². The van der Waals surface area contributed by atoms with E-state index < -0.39 is 21.3 Å². The SMILES string of the molecule is CS(=O)(=O)N(Cc1cc(Oc2c(Cl)cc(-n3ncc(=O)[nH]c3=O)cc2Cl)ccc1O)c1ccccc1. The third-order valence-electron chi connectivity index (χ3n) is 4.97. The van der Waals surface area contributed by atoms with Crippen molar-refractivity contribution in [3.05, 3.63) is 103 Å². The number of rotatable bonds is 7. The van der Waals surface area contributed by atoms with Crippen LogP contribution in [0, 0.1) is 0 Å². The molecule has 0 spiro atoms. The zero-order valence-corrected chi connectivity index (χ0v) is 20.9. The van der Waals surface area contributed by atoms with Crippen molar-refractivity contribution in [1.29, 1.82) is 0 Å². The van der Waals surface area contributed by atoms with Gasteiger partial charge in [0.1, 0.15) is 17.7 Å². The zero-order chi connectivity index (χ0) is 26.0. The van der Waals surface area contributed by atoms with Gasteiger partial charge in [-0.2, -0.15) is 9.78 Å².